The Balaban J connectivity index is 1.72. The van der Waals surface area contributed by atoms with Gasteiger partial charge in [0.25, 0.3) is 0 Å². The Hall–Kier alpha value is -3.40. The predicted molar refractivity (Wildman–Crippen MR) is 105 cm³/mol. The smallest absolute Gasteiger partial charge is 0.364 e. The Kier molecular flexibility index (Phi) is 4.01. The van der Waals surface area contributed by atoms with Crippen LogP contribution in [0.4, 0.5) is 5.69 Å². The third-order valence-corrected chi connectivity index (χ3v) is 4.46. The Morgan fingerprint density at radius 2 is 1.65 bits per heavy atom. The van der Waals surface area contributed by atoms with Crippen molar-refractivity contribution >= 4 is 33.9 Å². The lowest BCUT2D eigenvalue weighted by Gasteiger charge is -2.15. The highest BCUT2D eigenvalue weighted by atomic mass is 16.5. The highest BCUT2D eigenvalue weighted by molar-refractivity contribution is 6.45. The SMILES string of the molecule is Cc1ccccc1N(C)/N=C1\C=C(c2cccc3ccccc23)OC1=O. The number of esters is 1. The first-order valence-electron chi connectivity index (χ1n) is 8.43. The van der Waals surface area contributed by atoms with E-state index in [1.807, 2.05) is 80.7 Å². The third-order valence-electron chi connectivity index (χ3n) is 4.46. The van der Waals surface area contributed by atoms with Gasteiger partial charge in [-0.2, -0.15) is 5.10 Å². The van der Waals surface area contributed by atoms with E-state index in [1.165, 1.54) is 0 Å². The lowest BCUT2D eigenvalue weighted by atomic mass is 10.0. The molecule has 0 unspecified atom stereocenters. The number of carbonyl (C=O) groups is 1. The zero-order chi connectivity index (χ0) is 18.1. The van der Waals surface area contributed by atoms with Gasteiger partial charge >= 0.3 is 5.97 Å². The van der Waals surface area contributed by atoms with Crippen LogP contribution in [0.25, 0.3) is 16.5 Å². The number of aryl methyl sites for hydroxylation is 1. The van der Waals surface area contributed by atoms with Gasteiger partial charge in [0.05, 0.1) is 5.69 Å². The summed E-state index contributed by atoms with van der Waals surface area (Å²) in [7, 11) is 1.83. The van der Waals surface area contributed by atoms with E-state index in [0.717, 1.165) is 27.6 Å². The van der Waals surface area contributed by atoms with Gasteiger partial charge in [-0.1, -0.05) is 60.7 Å². The molecule has 0 N–H and O–H groups in total. The molecule has 26 heavy (non-hydrogen) atoms. The van der Waals surface area contributed by atoms with Crippen LogP contribution in [-0.2, 0) is 9.53 Å². The summed E-state index contributed by atoms with van der Waals surface area (Å²) < 4.78 is 5.50. The summed E-state index contributed by atoms with van der Waals surface area (Å²) in [6.07, 6.45) is 1.71. The fourth-order valence-corrected chi connectivity index (χ4v) is 3.15. The number of anilines is 1. The number of para-hydroxylation sites is 1. The maximum Gasteiger partial charge on any atom is 0.364 e. The van der Waals surface area contributed by atoms with Gasteiger partial charge in [-0.05, 0) is 29.3 Å². The monoisotopic (exact) mass is 342 g/mol. The fourth-order valence-electron chi connectivity index (χ4n) is 3.15. The predicted octanol–water partition coefficient (Wildman–Crippen LogP) is 4.54. The van der Waals surface area contributed by atoms with Gasteiger partial charge in [-0.25, -0.2) is 4.79 Å². The Morgan fingerprint density at radius 1 is 0.923 bits per heavy atom. The van der Waals surface area contributed by atoms with Gasteiger partial charge in [0.2, 0.25) is 0 Å². The molecule has 3 aromatic carbocycles. The molecule has 4 heteroatoms. The van der Waals surface area contributed by atoms with Crippen molar-refractivity contribution in [3.8, 4) is 0 Å². The average molecular weight is 342 g/mol. The molecule has 0 spiro atoms. The van der Waals surface area contributed by atoms with Crippen molar-refractivity contribution in [2.75, 3.05) is 12.1 Å². The summed E-state index contributed by atoms with van der Waals surface area (Å²) in [5.74, 6) is 0.0945. The fraction of sp³-hybridized carbons (Fsp3) is 0.0909. The summed E-state index contributed by atoms with van der Waals surface area (Å²) in [5, 5.41) is 8.29. The average Bonchev–Trinajstić information content (AvgIpc) is 3.02. The maximum absolute atomic E-state index is 12.3. The van der Waals surface area contributed by atoms with Crippen LogP contribution in [0.3, 0.4) is 0 Å². The molecule has 0 amide bonds. The standard InChI is InChI=1S/C22H18N2O2/c1-15-8-3-6-13-20(15)24(2)23-19-14-21(26-22(19)25)18-12-7-10-16-9-4-5-11-17(16)18/h3-14H,1-2H3/b23-19+. The van der Waals surface area contributed by atoms with E-state index in [-0.39, 0.29) is 0 Å². The van der Waals surface area contributed by atoms with E-state index >= 15 is 0 Å². The maximum atomic E-state index is 12.3. The van der Waals surface area contributed by atoms with E-state index in [9.17, 15) is 4.79 Å². The molecule has 0 saturated heterocycles. The largest absolute Gasteiger partial charge is 0.421 e. The summed E-state index contributed by atoms with van der Waals surface area (Å²) >= 11 is 0. The molecule has 1 heterocycles. The molecular weight excluding hydrogens is 324 g/mol. The second-order valence-corrected chi connectivity index (χ2v) is 6.22. The highest BCUT2D eigenvalue weighted by Gasteiger charge is 2.25. The van der Waals surface area contributed by atoms with Crippen LogP contribution in [0.1, 0.15) is 11.1 Å². The molecule has 3 aromatic rings. The molecular formula is C22H18N2O2. The Labute approximate surface area is 152 Å². The minimum atomic E-state index is -0.437. The van der Waals surface area contributed by atoms with Crippen molar-refractivity contribution < 1.29 is 9.53 Å². The zero-order valence-electron chi connectivity index (χ0n) is 14.6. The molecule has 1 aliphatic rings. The summed E-state index contributed by atoms with van der Waals surface area (Å²) in [6, 6.07) is 21.9. The van der Waals surface area contributed by atoms with E-state index in [1.54, 1.807) is 11.1 Å². The number of benzene rings is 3. The normalized spacial score (nSPS) is 15.2. The quantitative estimate of drug-likeness (QED) is 0.518. The van der Waals surface area contributed by atoms with Crippen LogP contribution < -0.4 is 5.01 Å². The van der Waals surface area contributed by atoms with Gasteiger partial charge in [-0.15, -0.1) is 0 Å². The number of rotatable bonds is 3. The molecule has 0 aliphatic carbocycles. The van der Waals surface area contributed by atoms with Crippen LogP contribution in [0.15, 0.2) is 77.9 Å². The summed E-state index contributed by atoms with van der Waals surface area (Å²) in [5.41, 5.74) is 3.21. The molecule has 0 atom stereocenters. The van der Waals surface area contributed by atoms with Gasteiger partial charge in [-0.3, -0.25) is 5.01 Å². The van der Waals surface area contributed by atoms with Crippen LogP contribution in [0, 0.1) is 6.92 Å². The van der Waals surface area contributed by atoms with Crippen LogP contribution in [-0.4, -0.2) is 18.7 Å². The van der Waals surface area contributed by atoms with Gasteiger partial charge in [0.15, 0.2) is 5.71 Å². The second-order valence-electron chi connectivity index (χ2n) is 6.22. The molecule has 0 fully saturated rings. The summed E-state index contributed by atoms with van der Waals surface area (Å²) in [4.78, 5) is 12.3. The Morgan fingerprint density at radius 3 is 2.50 bits per heavy atom. The number of hydrazone groups is 1. The molecule has 4 nitrogen and oxygen atoms in total. The number of fused-ring (bicyclic) bond motifs is 1. The van der Waals surface area contributed by atoms with Crippen molar-refractivity contribution in [3.63, 3.8) is 0 Å². The van der Waals surface area contributed by atoms with E-state index in [0.29, 0.717) is 11.5 Å². The third kappa shape index (κ3) is 2.86. The van der Waals surface area contributed by atoms with Gasteiger partial charge in [0.1, 0.15) is 5.76 Å². The minimum Gasteiger partial charge on any atom is -0.421 e. The Bertz CT molecular complexity index is 1060. The number of ether oxygens (including phenoxy) is 1. The first-order chi connectivity index (χ1) is 12.6. The lowest BCUT2D eigenvalue weighted by Crippen LogP contribution is -2.17. The minimum absolute atomic E-state index is 0.290. The van der Waals surface area contributed by atoms with Crippen LogP contribution in [0.2, 0.25) is 0 Å². The van der Waals surface area contributed by atoms with E-state index in [2.05, 4.69) is 5.10 Å². The lowest BCUT2D eigenvalue weighted by molar-refractivity contribution is -0.128. The van der Waals surface area contributed by atoms with Gasteiger partial charge in [0, 0.05) is 18.7 Å². The van der Waals surface area contributed by atoms with Crippen molar-refractivity contribution in [2.45, 2.75) is 6.92 Å². The molecule has 4 rings (SSSR count). The van der Waals surface area contributed by atoms with Gasteiger partial charge < -0.3 is 4.74 Å². The first kappa shape index (κ1) is 16.1. The number of nitrogens with zero attached hydrogens (tertiary/aromatic N) is 2. The summed E-state index contributed by atoms with van der Waals surface area (Å²) in [6.45, 7) is 2.01. The molecule has 0 saturated carbocycles. The molecule has 0 aromatic heterocycles. The molecule has 0 radical (unpaired) electrons. The number of carbonyl (C=O) groups excluding carboxylic acids is 1. The van der Waals surface area contributed by atoms with Crippen LogP contribution >= 0.6 is 0 Å². The van der Waals surface area contributed by atoms with Crippen LogP contribution in [0.5, 0.6) is 0 Å². The van der Waals surface area contributed by atoms with E-state index in [4.69, 9.17) is 4.74 Å². The highest BCUT2D eigenvalue weighted by Crippen LogP contribution is 2.29. The van der Waals surface area contributed by atoms with Crippen molar-refractivity contribution in [2.24, 2.45) is 5.10 Å². The van der Waals surface area contributed by atoms with Crippen molar-refractivity contribution in [1.29, 1.82) is 0 Å². The number of hydrogen-bond acceptors (Lipinski definition) is 4. The first-order valence-corrected chi connectivity index (χ1v) is 8.43. The number of cyclic esters (lactones) is 1. The molecule has 0 bridgehead atoms. The molecule has 1 aliphatic heterocycles. The van der Waals surface area contributed by atoms with E-state index < -0.39 is 5.97 Å². The van der Waals surface area contributed by atoms with Crippen molar-refractivity contribution in [3.05, 3.63) is 83.9 Å². The second kappa shape index (κ2) is 6.48. The topological polar surface area (TPSA) is 41.9 Å². The molecule has 128 valence electrons. The van der Waals surface area contributed by atoms with Crippen molar-refractivity contribution in [1.82, 2.24) is 0 Å². The number of hydrogen-bond donors (Lipinski definition) is 0. The zero-order valence-corrected chi connectivity index (χ0v) is 14.6.